The number of nitrogens with two attached hydrogens (primary N) is 1. The third-order valence-electron chi connectivity index (χ3n) is 2.60. The van der Waals surface area contributed by atoms with Gasteiger partial charge in [0.15, 0.2) is 0 Å². The molecule has 1 heterocycles. The van der Waals surface area contributed by atoms with Crippen molar-refractivity contribution in [2.75, 3.05) is 25.1 Å². The average molecular weight is 216 g/mol. The fourth-order valence-corrected chi connectivity index (χ4v) is 2.23. The number of amides is 1. The molecular formula is C10H20N2OS. The van der Waals surface area contributed by atoms with E-state index in [2.05, 4.69) is 6.26 Å². The number of carbonyl (C=O) groups is 1. The normalized spacial score (nSPS) is 22.9. The lowest BCUT2D eigenvalue weighted by atomic mass is 10.1. The maximum absolute atomic E-state index is 11.6. The second-order valence-corrected chi connectivity index (χ2v) is 4.76. The van der Waals surface area contributed by atoms with E-state index in [1.807, 2.05) is 16.7 Å². The number of unbranched alkanes of at least 4 members (excludes halogenated alkanes) is 1. The highest BCUT2D eigenvalue weighted by atomic mass is 32.2. The van der Waals surface area contributed by atoms with E-state index < -0.39 is 0 Å². The molecule has 1 aliphatic heterocycles. The maximum Gasteiger partial charge on any atom is 0.239 e. The molecule has 4 heteroatoms. The van der Waals surface area contributed by atoms with Crippen molar-refractivity contribution >= 4 is 17.7 Å². The number of nitrogens with zero attached hydrogens (tertiary/aromatic N) is 1. The van der Waals surface area contributed by atoms with E-state index >= 15 is 0 Å². The van der Waals surface area contributed by atoms with Gasteiger partial charge < -0.3 is 10.6 Å². The van der Waals surface area contributed by atoms with E-state index in [4.69, 9.17) is 5.73 Å². The van der Waals surface area contributed by atoms with Crippen LogP contribution < -0.4 is 5.73 Å². The van der Waals surface area contributed by atoms with Crippen LogP contribution in [0.3, 0.4) is 0 Å². The first-order valence-electron chi connectivity index (χ1n) is 5.29. The zero-order valence-electron chi connectivity index (χ0n) is 8.87. The van der Waals surface area contributed by atoms with Crippen LogP contribution in [0.15, 0.2) is 0 Å². The zero-order valence-corrected chi connectivity index (χ0v) is 9.68. The molecule has 0 spiro atoms. The second kappa shape index (κ2) is 6.30. The van der Waals surface area contributed by atoms with Crippen molar-refractivity contribution in [3.05, 3.63) is 0 Å². The lowest BCUT2D eigenvalue weighted by Crippen LogP contribution is -2.48. The number of likely N-dealkylation sites (tertiary alicyclic amines) is 1. The molecule has 1 amide bonds. The summed E-state index contributed by atoms with van der Waals surface area (Å²) in [5.41, 5.74) is 5.70. The van der Waals surface area contributed by atoms with Crippen LogP contribution in [0.2, 0.25) is 0 Å². The van der Waals surface area contributed by atoms with Crippen molar-refractivity contribution in [3.63, 3.8) is 0 Å². The van der Waals surface area contributed by atoms with Gasteiger partial charge in [-0.05, 0) is 37.7 Å². The van der Waals surface area contributed by atoms with Crippen molar-refractivity contribution in [2.24, 2.45) is 5.73 Å². The zero-order chi connectivity index (χ0) is 10.4. The Morgan fingerprint density at radius 1 is 1.57 bits per heavy atom. The minimum atomic E-state index is -0.232. The Kier molecular flexibility index (Phi) is 5.33. The average Bonchev–Trinajstić information content (AvgIpc) is 2.19. The molecular weight excluding hydrogens is 196 g/mol. The minimum absolute atomic E-state index is 0.153. The Morgan fingerprint density at radius 3 is 3.07 bits per heavy atom. The molecule has 2 N–H and O–H groups in total. The molecule has 82 valence electrons. The van der Waals surface area contributed by atoms with Gasteiger partial charge in [0.2, 0.25) is 5.91 Å². The number of hydrogen-bond donors (Lipinski definition) is 1. The van der Waals surface area contributed by atoms with Gasteiger partial charge in [-0.1, -0.05) is 0 Å². The van der Waals surface area contributed by atoms with E-state index in [9.17, 15) is 4.79 Å². The lowest BCUT2D eigenvalue weighted by molar-refractivity contribution is -0.134. The van der Waals surface area contributed by atoms with Gasteiger partial charge in [-0.25, -0.2) is 0 Å². The number of piperidine rings is 1. The van der Waals surface area contributed by atoms with Gasteiger partial charge in [0.05, 0.1) is 6.04 Å². The molecule has 0 bridgehead atoms. The van der Waals surface area contributed by atoms with Crippen LogP contribution in [0.5, 0.6) is 0 Å². The van der Waals surface area contributed by atoms with Crippen molar-refractivity contribution in [1.29, 1.82) is 0 Å². The third-order valence-corrected chi connectivity index (χ3v) is 3.30. The fourth-order valence-electron chi connectivity index (χ4n) is 1.74. The Hall–Kier alpha value is -0.220. The minimum Gasteiger partial charge on any atom is -0.341 e. The van der Waals surface area contributed by atoms with E-state index in [-0.39, 0.29) is 11.9 Å². The number of rotatable bonds is 5. The monoisotopic (exact) mass is 216 g/mol. The van der Waals surface area contributed by atoms with Crippen LogP contribution in [0.1, 0.15) is 25.7 Å². The van der Waals surface area contributed by atoms with Crippen molar-refractivity contribution < 1.29 is 4.79 Å². The van der Waals surface area contributed by atoms with Crippen LogP contribution in [0, 0.1) is 0 Å². The van der Waals surface area contributed by atoms with Crippen molar-refractivity contribution in [1.82, 2.24) is 4.90 Å². The van der Waals surface area contributed by atoms with E-state index in [0.717, 1.165) is 32.4 Å². The van der Waals surface area contributed by atoms with Crippen LogP contribution in [0.4, 0.5) is 0 Å². The Balaban J connectivity index is 2.19. The first kappa shape index (κ1) is 11.9. The van der Waals surface area contributed by atoms with Gasteiger partial charge in [-0.15, -0.1) is 0 Å². The van der Waals surface area contributed by atoms with Crippen LogP contribution in [-0.4, -0.2) is 41.9 Å². The first-order valence-corrected chi connectivity index (χ1v) is 6.68. The smallest absolute Gasteiger partial charge is 0.239 e. The lowest BCUT2D eigenvalue weighted by Gasteiger charge is -2.30. The molecule has 0 saturated carbocycles. The van der Waals surface area contributed by atoms with E-state index in [1.54, 1.807) is 0 Å². The largest absolute Gasteiger partial charge is 0.341 e. The molecule has 1 rings (SSSR count). The summed E-state index contributed by atoms with van der Waals surface area (Å²) in [5.74, 6) is 1.34. The summed E-state index contributed by atoms with van der Waals surface area (Å²) in [7, 11) is 0. The summed E-state index contributed by atoms with van der Waals surface area (Å²) in [6, 6.07) is -0.232. The summed E-state index contributed by atoms with van der Waals surface area (Å²) in [4.78, 5) is 13.5. The molecule has 1 saturated heterocycles. The van der Waals surface area contributed by atoms with Gasteiger partial charge >= 0.3 is 0 Å². The molecule has 1 fully saturated rings. The summed E-state index contributed by atoms with van der Waals surface area (Å²) >= 11 is 1.86. The summed E-state index contributed by atoms with van der Waals surface area (Å²) < 4.78 is 0. The summed E-state index contributed by atoms with van der Waals surface area (Å²) in [6.45, 7) is 1.80. The van der Waals surface area contributed by atoms with E-state index in [0.29, 0.717) is 0 Å². The summed E-state index contributed by atoms with van der Waals surface area (Å²) in [6.07, 6.45) is 6.34. The van der Waals surface area contributed by atoms with Gasteiger partial charge in [-0.2, -0.15) is 11.8 Å². The second-order valence-electron chi connectivity index (χ2n) is 3.77. The third kappa shape index (κ3) is 3.50. The van der Waals surface area contributed by atoms with Crippen molar-refractivity contribution in [2.45, 2.75) is 31.7 Å². The summed E-state index contributed by atoms with van der Waals surface area (Å²) in [5, 5.41) is 0. The molecule has 0 aromatic heterocycles. The van der Waals surface area contributed by atoms with Crippen LogP contribution >= 0.6 is 11.8 Å². The molecule has 1 aliphatic rings. The highest BCUT2D eigenvalue weighted by Crippen LogP contribution is 2.11. The quantitative estimate of drug-likeness (QED) is 0.700. The topological polar surface area (TPSA) is 46.3 Å². The molecule has 1 atom stereocenters. The fraction of sp³-hybridized carbons (Fsp3) is 0.900. The van der Waals surface area contributed by atoms with Crippen molar-refractivity contribution in [3.8, 4) is 0 Å². The molecule has 0 aliphatic carbocycles. The first-order chi connectivity index (χ1) is 6.75. The standard InChI is InChI=1S/C10H20N2OS/c1-14-8-3-2-6-12-7-4-5-9(11)10(12)13/h9H,2-8,11H2,1H3. The van der Waals surface area contributed by atoms with Gasteiger partial charge in [-0.3, -0.25) is 4.79 Å². The number of thioether (sulfide) groups is 1. The highest BCUT2D eigenvalue weighted by Gasteiger charge is 2.24. The highest BCUT2D eigenvalue weighted by molar-refractivity contribution is 7.98. The molecule has 0 aromatic carbocycles. The number of carbonyl (C=O) groups excluding carboxylic acids is 1. The molecule has 0 aromatic rings. The Labute approximate surface area is 90.4 Å². The molecule has 1 unspecified atom stereocenters. The molecule has 0 radical (unpaired) electrons. The van der Waals surface area contributed by atoms with Gasteiger partial charge in [0, 0.05) is 13.1 Å². The van der Waals surface area contributed by atoms with Crippen LogP contribution in [-0.2, 0) is 4.79 Å². The molecule has 3 nitrogen and oxygen atoms in total. The Bertz CT molecular complexity index is 187. The van der Waals surface area contributed by atoms with Crippen LogP contribution in [0.25, 0.3) is 0 Å². The maximum atomic E-state index is 11.6. The Morgan fingerprint density at radius 2 is 2.36 bits per heavy atom. The molecule has 14 heavy (non-hydrogen) atoms. The van der Waals surface area contributed by atoms with Gasteiger partial charge in [0.1, 0.15) is 0 Å². The van der Waals surface area contributed by atoms with Gasteiger partial charge in [0.25, 0.3) is 0 Å². The predicted octanol–water partition coefficient (Wildman–Crippen LogP) is 1.08. The number of hydrogen-bond acceptors (Lipinski definition) is 3. The predicted molar refractivity (Wildman–Crippen MR) is 61.4 cm³/mol. The van der Waals surface area contributed by atoms with E-state index in [1.165, 1.54) is 12.2 Å². The SMILES string of the molecule is CSCCCCN1CCCC(N)C1=O.